The van der Waals surface area contributed by atoms with Crippen molar-refractivity contribution < 1.29 is 22.7 Å². The standard InChI is InChI=1S/C19H18F3N5O2/c20-19(21,22)16(13-4-3-6-23-12-13)25-17(28)15-14-5-1-2-7-27(14)18(24-15)26-8-10-29-11-9-26/h1-7,12,16H,8-11H2,(H,25,28). The van der Waals surface area contributed by atoms with E-state index in [2.05, 4.69) is 15.3 Å². The van der Waals surface area contributed by atoms with E-state index in [1.165, 1.54) is 18.3 Å². The van der Waals surface area contributed by atoms with E-state index in [1.807, 2.05) is 4.90 Å². The van der Waals surface area contributed by atoms with Crippen LogP contribution in [0.25, 0.3) is 5.52 Å². The predicted octanol–water partition coefficient (Wildman–Crippen LogP) is 2.60. The average molecular weight is 405 g/mol. The number of halogens is 3. The molecule has 0 aromatic carbocycles. The Bertz CT molecular complexity index is 1000. The summed E-state index contributed by atoms with van der Waals surface area (Å²) < 4.78 is 47.8. The van der Waals surface area contributed by atoms with Crippen LogP contribution < -0.4 is 10.2 Å². The number of imidazole rings is 1. The van der Waals surface area contributed by atoms with Gasteiger partial charge in [0.15, 0.2) is 11.7 Å². The number of alkyl halides is 3. The van der Waals surface area contributed by atoms with E-state index in [4.69, 9.17) is 4.74 Å². The highest BCUT2D eigenvalue weighted by molar-refractivity contribution is 6.00. The summed E-state index contributed by atoms with van der Waals surface area (Å²) in [6.07, 6.45) is -0.493. The second-order valence-corrected chi connectivity index (χ2v) is 6.55. The molecule has 1 fully saturated rings. The second kappa shape index (κ2) is 7.70. The van der Waals surface area contributed by atoms with Crippen molar-refractivity contribution in [2.45, 2.75) is 12.2 Å². The van der Waals surface area contributed by atoms with Gasteiger partial charge in [-0.2, -0.15) is 13.2 Å². The Morgan fingerprint density at radius 2 is 1.97 bits per heavy atom. The molecule has 0 radical (unpaired) electrons. The van der Waals surface area contributed by atoms with Crippen LogP contribution >= 0.6 is 0 Å². The van der Waals surface area contributed by atoms with Crippen LogP contribution in [0.4, 0.5) is 19.1 Å². The maximum atomic E-state index is 13.6. The number of anilines is 1. The summed E-state index contributed by atoms with van der Waals surface area (Å²) in [4.78, 5) is 22.9. The van der Waals surface area contributed by atoms with Gasteiger partial charge < -0.3 is 15.0 Å². The normalized spacial score (nSPS) is 16.0. The average Bonchev–Trinajstić information content (AvgIpc) is 3.12. The molecule has 1 aliphatic heterocycles. The summed E-state index contributed by atoms with van der Waals surface area (Å²) in [7, 11) is 0. The van der Waals surface area contributed by atoms with Gasteiger partial charge in [0.1, 0.15) is 0 Å². The maximum Gasteiger partial charge on any atom is 0.412 e. The van der Waals surface area contributed by atoms with E-state index < -0.39 is 18.1 Å². The van der Waals surface area contributed by atoms with Crippen molar-refractivity contribution in [1.29, 1.82) is 0 Å². The molecule has 1 amide bonds. The lowest BCUT2D eigenvalue weighted by atomic mass is 10.1. The molecule has 10 heteroatoms. The zero-order chi connectivity index (χ0) is 20.4. The highest BCUT2D eigenvalue weighted by Gasteiger charge is 2.42. The van der Waals surface area contributed by atoms with Gasteiger partial charge in [0, 0.05) is 37.2 Å². The number of pyridine rings is 2. The van der Waals surface area contributed by atoms with Crippen molar-refractivity contribution in [2.24, 2.45) is 0 Å². The summed E-state index contributed by atoms with van der Waals surface area (Å²) in [6, 6.07) is 5.61. The molecule has 1 atom stereocenters. The fourth-order valence-electron chi connectivity index (χ4n) is 3.28. The van der Waals surface area contributed by atoms with E-state index in [0.29, 0.717) is 37.8 Å². The van der Waals surface area contributed by atoms with E-state index in [1.54, 1.807) is 28.8 Å². The van der Waals surface area contributed by atoms with Crippen LogP contribution in [0.5, 0.6) is 0 Å². The number of nitrogens with one attached hydrogen (secondary N) is 1. The van der Waals surface area contributed by atoms with Gasteiger partial charge in [-0.25, -0.2) is 4.98 Å². The number of fused-ring (bicyclic) bond motifs is 1. The minimum absolute atomic E-state index is 0.0646. The predicted molar refractivity (Wildman–Crippen MR) is 98.7 cm³/mol. The van der Waals surface area contributed by atoms with Crippen molar-refractivity contribution in [3.63, 3.8) is 0 Å². The molecule has 152 valence electrons. The number of morpholine rings is 1. The largest absolute Gasteiger partial charge is 0.412 e. The Labute approximate surface area is 164 Å². The monoisotopic (exact) mass is 405 g/mol. The third-order valence-corrected chi connectivity index (χ3v) is 4.66. The van der Waals surface area contributed by atoms with E-state index in [0.717, 1.165) is 6.20 Å². The van der Waals surface area contributed by atoms with Gasteiger partial charge in [0.25, 0.3) is 5.91 Å². The number of ether oxygens (including phenoxy) is 1. The molecule has 7 nitrogen and oxygen atoms in total. The maximum absolute atomic E-state index is 13.6. The number of rotatable bonds is 4. The van der Waals surface area contributed by atoms with Crippen LogP contribution in [0.15, 0.2) is 48.9 Å². The number of carbonyl (C=O) groups excluding carboxylic acids is 1. The number of hydrogen-bond donors (Lipinski definition) is 1. The van der Waals surface area contributed by atoms with Crippen LogP contribution in [0.1, 0.15) is 22.1 Å². The Hall–Kier alpha value is -3.14. The minimum Gasteiger partial charge on any atom is -0.378 e. The zero-order valence-electron chi connectivity index (χ0n) is 15.3. The van der Waals surface area contributed by atoms with Crippen molar-refractivity contribution in [3.8, 4) is 0 Å². The van der Waals surface area contributed by atoms with Crippen LogP contribution in [0.2, 0.25) is 0 Å². The summed E-state index contributed by atoms with van der Waals surface area (Å²) in [5.41, 5.74) is 0.217. The van der Waals surface area contributed by atoms with Gasteiger partial charge in [-0.15, -0.1) is 0 Å². The lowest BCUT2D eigenvalue weighted by Gasteiger charge is -2.27. The van der Waals surface area contributed by atoms with Gasteiger partial charge >= 0.3 is 6.18 Å². The van der Waals surface area contributed by atoms with Crippen molar-refractivity contribution in [3.05, 3.63) is 60.2 Å². The van der Waals surface area contributed by atoms with Crippen LogP contribution in [-0.2, 0) is 4.74 Å². The molecular weight excluding hydrogens is 387 g/mol. The second-order valence-electron chi connectivity index (χ2n) is 6.55. The molecule has 0 saturated carbocycles. The lowest BCUT2D eigenvalue weighted by Crippen LogP contribution is -2.38. The van der Waals surface area contributed by atoms with Crippen LogP contribution in [-0.4, -0.2) is 52.8 Å². The first-order chi connectivity index (χ1) is 13.9. The summed E-state index contributed by atoms with van der Waals surface area (Å²) in [6.45, 7) is 2.19. The molecular formula is C19H18F3N5O2. The number of carbonyl (C=O) groups is 1. The first-order valence-electron chi connectivity index (χ1n) is 9.02. The topological polar surface area (TPSA) is 71.8 Å². The molecule has 4 heterocycles. The molecule has 29 heavy (non-hydrogen) atoms. The van der Waals surface area contributed by atoms with E-state index in [-0.39, 0.29) is 11.3 Å². The number of nitrogens with zero attached hydrogens (tertiary/aromatic N) is 4. The van der Waals surface area contributed by atoms with Gasteiger partial charge in [0.05, 0.1) is 18.7 Å². The van der Waals surface area contributed by atoms with Crippen molar-refractivity contribution in [1.82, 2.24) is 19.7 Å². The molecule has 1 aliphatic rings. The number of amides is 1. The molecule has 3 aromatic rings. The highest BCUT2D eigenvalue weighted by Crippen LogP contribution is 2.33. The smallest absolute Gasteiger partial charge is 0.378 e. The summed E-state index contributed by atoms with van der Waals surface area (Å²) in [5.74, 6) is -0.404. The molecule has 0 aliphatic carbocycles. The Morgan fingerprint density at radius 1 is 1.17 bits per heavy atom. The van der Waals surface area contributed by atoms with Gasteiger partial charge in [-0.3, -0.25) is 14.2 Å². The van der Waals surface area contributed by atoms with Crippen molar-refractivity contribution in [2.75, 3.05) is 31.2 Å². The third-order valence-electron chi connectivity index (χ3n) is 4.66. The fraction of sp³-hybridized carbons (Fsp3) is 0.316. The zero-order valence-corrected chi connectivity index (χ0v) is 15.3. The lowest BCUT2D eigenvalue weighted by molar-refractivity contribution is -0.155. The molecule has 0 bridgehead atoms. The number of hydrogen-bond acceptors (Lipinski definition) is 5. The van der Waals surface area contributed by atoms with Crippen LogP contribution in [0, 0.1) is 0 Å². The van der Waals surface area contributed by atoms with Crippen LogP contribution in [0.3, 0.4) is 0 Å². The first-order valence-corrected chi connectivity index (χ1v) is 9.02. The molecule has 0 spiro atoms. The quantitative estimate of drug-likeness (QED) is 0.723. The molecule has 1 N–H and O–H groups in total. The molecule has 1 saturated heterocycles. The molecule has 1 unspecified atom stereocenters. The van der Waals surface area contributed by atoms with Gasteiger partial charge in [-0.1, -0.05) is 12.1 Å². The summed E-state index contributed by atoms with van der Waals surface area (Å²) >= 11 is 0. The van der Waals surface area contributed by atoms with Crippen molar-refractivity contribution >= 4 is 17.4 Å². The Kier molecular flexibility index (Phi) is 5.10. The molecule has 3 aromatic heterocycles. The summed E-state index contributed by atoms with van der Waals surface area (Å²) in [5, 5.41) is 2.07. The fourth-order valence-corrected chi connectivity index (χ4v) is 3.28. The van der Waals surface area contributed by atoms with E-state index >= 15 is 0 Å². The third kappa shape index (κ3) is 3.88. The highest BCUT2D eigenvalue weighted by atomic mass is 19.4. The minimum atomic E-state index is -4.68. The Morgan fingerprint density at radius 3 is 2.66 bits per heavy atom. The first kappa shape index (κ1) is 19.2. The van der Waals surface area contributed by atoms with Gasteiger partial charge in [-0.05, 0) is 18.2 Å². The Balaban J connectivity index is 1.69. The molecule has 4 rings (SSSR count). The van der Waals surface area contributed by atoms with Gasteiger partial charge in [0.2, 0.25) is 5.95 Å². The number of aromatic nitrogens is 3. The van der Waals surface area contributed by atoms with E-state index in [9.17, 15) is 18.0 Å². The SMILES string of the molecule is O=C(NC(c1cccnc1)C(F)(F)F)c1nc(N2CCOCC2)n2ccccc12.